The summed E-state index contributed by atoms with van der Waals surface area (Å²) in [5.74, 6) is 0.991. The van der Waals surface area contributed by atoms with Crippen molar-refractivity contribution >= 4 is 34.1 Å². The molecule has 0 unspecified atom stereocenters. The number of nitrogens with zero attached hydrogens (tertiary/aromatic N) is 3. The van der Waals surface area contributed by atoms with Crippen LogP contribution >= 0.6 is 11.8 Å². The van der Waals surface area contributed by atoms with Crippen LogP contribution in [0.1, 0.15) is 5.56 Å². The van der Waals surface area contributed by atoms with Crippen LogP contribution in [0.3, 0.4) is 0 Å². The molecule has 0 aliphatic rings. The van der Waals surface area contributed by atoms with Crippen LogP contribution in [0.2, 0.25) is 0 Å². The van der Waals surface area contributed by atoms with Gasteiger partial charge in [0, 0.05) is 23.7 Å². The fourth-order valence-corrected chi connectivity index (χ4v) is 3.84. The minimum atomic E-state index is -0.0681. The van der Waals surface area contributed by atoms with Crippen LogP contribution in [0.15, 0.2) is 71.9 Å². The van der Waals surface area contributed by atoms with E-state index in [1.165, 1.54) is 17.3 Å². The molecule has 6 heteroatoms. The van der Waals surface area contributed by atoms with Crippen LogP contribution in [0.25, 0.3) is 22.2 Å². The summed E-state index contributed by atoms with van der Waals surface area (Å²) in [4.78, 5) is 12.5. The molecule has 1 amide bonds. The number of aryl methyl sites for hydroxylation is 1. The molecule has 0 spiro atoms. The molecule has 1 aromatic heterocycles. The number of fused-ring (bicyclic) bond motifs is 1. The van der Waals surface area contributed by atoms with Gasteiger partial charge in [0.2, 0.25) is 5.91 Å². The second kappa shape index (κ2) is 7.86. The summed E-state index contributed by atoms with van der Waals surface area (Å²) in [5, 5.41) is 14.4. The van der Waals surface area contributed by atoms with Crippen molar-refractivity contribution < 1.29 is 4.79 Å². The molecule has 5 nitrogen and oxygen atoms in total. The van der Waals surface area contributed by atoms with Crippen molar-refractivity contribution in [3.05, 3.63) is 72.3 Å². The minimum Gasteiger partial charge on any atom is -0.325 e. The molecule has 3 aromatic carbocycles. The molecular formula is C22H20N4OS. The van der Waals surface area contributed by atoms with Gasteiger partial charge >= 0.3 is 0 Å². The van der Waals surface area contributed by atoms with Crippen LogP contribution in [0.4, 0.5) is 5.69 Å². The Morgan fingerprint density at radius 2 is 1.82 bits per heavy atom. The monoisotopic (exact) mass is 388 g/mol. The van der Waals surface area contributed by atoms with Crippen LogP contribution < -0.4 is 5.32 Å². The number of carbonyl (C=O) groups is 1. The van der Waals surface area contributed by atoms with Gasteiger partial charge in [-0.15, -0.1) is 10.2 Å². The molecule has 0 radical (unpaired) electrons. The highest BCUT2D eigenvalue weighted by molar-refractivity contribution is 7.99. The number of nitrogens with one attached hydrogen (secondary N) is 1. The molecule has 4 rings (SSSR count). The van der Waals surface area contributed by atoms with Gasteiger partial charge in [-0.3, -0.25) is 4.79 Å². The summed E-state index contributed by atoms with van der Waals surface area (Å²) in [5.41, 5.74) is 3.01. The Balaban J connectivity index is 1.45. The number of carbonyl (C=O) groups excluding carboxylic acids is 1. The van der Waals surface area contributed by atoms with Crippen molar-refractivity contribution in [2.45, 2.75) is 12.1 Å². The molecule has 0 aliphatic carbocycles. The van der Waals surface area contributed by atoms with Crippen molar-refractivity contribution in [1.82, 2.24) is 14.8 Å². The number of thioether (sulfide) groups is 1. The lowest BCUT2D eigenvalue weighted by atomic mass is 10.1. The Morgan fingerprint density at radius 1 is 1.04 bits per heavy atom. The third-order valence-electron chi connectivity index (χ3n) is 4.51. The second-order valence-electron chi connectivity index (χ2n) is 6.60. The zero-order valence-corrected chi connectivity index (χ0v) is 16.5. The van der Waals surface area contributed by atoms with Crippen LogP contribution in [-0.2, 0) is 11.8 Å². The Labute approximate surface area is 167 Å². The first-order chi connectivity index (χ1) is 13.6. The predicted molar refractivity (Wildman–Crippen MR) is 114 cm³/mol. The van der Waals surface area contributed by atoms with E-state index >= 15 is 0 Å². The number of benzene rings is 3. The zero-order chi connectivity index (χ0) is 19.5. The second-order valence-corrected chi connectivity index (χ2v) is 7.54. The highest BCUT2D eigenvalue weighted by Gasteiger charge is 2.13. The Morgan fingerprint density at radius 3 is 2.68 bits per heavy atom. The van der Waals surface area contributed by atoms with Gasteiger partial charge in [-0.1, -0.05) is 71.9 Å². The quantitative estimate of drug-likeness (QED) is 0.505. The molecule has 1 heterocycles. The maximum atomic E-state index is 12.5. The fraction of sp³-hybridized carbons (Fsp3) is 0.136. The van der Waals surface area contributed by atoms with Crippen molar-refractivity contribution in [3.63, 3.8) is 0 Å². The van der Waals surface area contributed by atoms with Crippen molar-refractivity contribution in [2.75, 3.05) is 11.1 Å². The molecule has 0 bridgehead atoms. The van der Waals surface area contributed by atoms with E-state index in [4.69, 9.17) is 0 Å². The number of rotatable bonds is 5. The lowest BCUT2D eigenvalue weighted by molar-refractivity contribution is -0.113. The summed E-state index contributed by atoms with van der Waals surface area (Å²) in [6.07, 6.45) is 0. The smallest absolute Gasteiger partial charge is 0.234 e. The Bertz CT molecular complexity index is 1150. The molecule has 0 aliphatic heterocycles. The largest absolute Gasteiger partial charge is 0.325 e. The van der Waals surface area contributed by atoms with Gasteiger partial charge in [0.1, 0.15) is 0 Å². The molecule has 0 atom stereocenters. The number of aromatic nitrogens is 3. The lowest BCUT2D eigenvalue weighted by Crippen LogP contribution is -2.14. The molecule has 1 N–H and O–H groups in total. The Kier molecular flexibility index (Phi) is 5.12. The van der Waals surface area contributed by atoms with Gasteiger partial charge in [0.25, 0.3) is 0 Å². The van der Waals surface area contributed by atoms with Crippen LogP contribution in [0, 0.1) is 6.92 Å². The van der Waals surface area contributed by atoms with Crippen molar-refractivity contribution in [1.29, 1.82) is 0 Å². The van der Waals surface area contributed by atoms with E-state index in [-0.39, 0.29) is 11.7 Å². The van der Waals surface area contributed by atoms with E-state index in [2.05, 4.69) is 21.6 Å². The van der Waals surface area contributed by atoms with Gasteiger partial charge in [-0.25, -0.2) is 0 Å². The van der Waals surface area contributed by atoms with E-state index in [0.717, 1.165) is 27.8 Å². The minimum absolute atomic E-state index is 0.0681. The molecule has 0 saturated heterocycles. The summed E-state index contributed by atoms with van der Waals surface area (Å²) < 4.78 is 1.92. The van der Waals surface area contributed by atoms with E-state index in [1.54, 1.807) is 0 Å². The van der Waals surface area contributed by atoms with Gasteiger partial charge in [0.05, 0.1) is 5.75 Å². The van der Waals surface area contributed by atoms with Crippen LogP contribution in [0.5, 0.6) is 0 Å². The predicted octanol–water partition coefficient (Wildman–Crippen LogP) is 4.67. The first kappa shape index (κ1) is 18.3. The highest BCUT2D eigenvalue weighted by Crippen LogP contribution is 2.25. The van der Waals surface area contributed by atoms with Crippen molar-refractivity contribution in [3.8, 4) is 11.4 Å². The third-order valence-corrected chi connectivity index (χ3v) is 5.53. The van der Waals surface area contributed by atoms with Gasteiger partial charge < -0.3 is 9.88 Å². The normalized spacial score (nSPS) is 10.9. The highest BCUT2D eigenvalue weighted by atomic mass is 32.2. The first-order valence-electron chi connectivity index (χ1n) is 8.98. The van der Waals surface area contributed by atoms with Gasteiger partial charge in [-0.05, 0) is 24.4 Å². The Hall–Kier alpha value is -3.12. The van der Waals surface area contributed by atoms with Gasteiger partial charge in [0.15, 0.2) is 11.0 Å². The average molecular weight is 388 g/mol. The van der Waals surface area contributed by atoms with E-state index in [1.807, 2.05) is 79.2 Å². The van der Waals surface area contributed by atoms with Crippen LogP contribution in [-0.4, -0.2) is 26.4 Å². The average Bonchev–Trinajstić information content (AvgIpc) is 3.07. The van der Waals surface area contributed by atoms with Gasteiger partial charge in [-0.2, -0.15) is 0 Å². The topological polar surface area (TPSA) is 59.8 Å². The molecule has 140 valence electrons. The maximum Gasteiger partial charge on any atom is 0.234 e. The number of hydrogen-bond acceptors (Lipinski definition) is 4. The number of amides is 1. The van der Waals surface area contributed by atoms with E-state index < -0.39 is 0 Å². The SMILES string of the molecule is Cc1cccc(-c2nnc(SCC(=O)Nc3cccc4ccccc34)n2C)c1. The third kappa shape index (κ3) is 3.77. The first-order valence-corrected chi connectivity index (χ1v) is 9.97. The molecule has 0 fully saturated rings. The molecular weight excluding hydrogens is 368 g/mol. The van der Waals surface area contributed by atoms with E-state index in [0.29, 0.717) is 5.16 Å². The lowest BCUT2D eigenvalue weighted by Gasteiger charge is -2.08. The summed E-state index contributed by atoms with van der Waals surface area (Å²) in [6, 6.07) is 22.0. The standard InChI is InChI=1S/C22H20N4OS/c1-15-7-5-10-17(13-15)21-24-25-22(26(21)2)28-14-20(27)23-19-12-6-9-16-8-3-4-11-18(16)19/h3-13H,14H2,1-2H3,(H,23,27). The fourth-order valence-electron chi connectivity index (χ4n) is 3.13. The molecule has 4 aromatic rings. The molecule has 28 heavy (non-hydrogen) atoms. The number of hydrogen-bond donors (Lipinski definition) is 1. The van der Waals surface area contributed by atoms with E-state index in [9.17, 15) is 4.79 Å². The summed E-state index contributed by atoms with van der Waals surface area (Å²) in [6.45, 7) is 2.05. The van der Waals surface area contributed by atoms with Crippen molar-refractivity contribution in [2.24, 2.45) is 7.05 Å². The summed E-state index contributed by atoms with van der Waals surface area (Å²) in [7, 11) is 1.92. The molecule has 0 saturated carbocycles. The number of anilines is 1. The maximum absolute atomic E-state index is 12.5. The zero-order valence-electron chi connectivity index (χ0n) is 15.7. The summed E-state index contributed by atoms with van der Waals surface area (Å²) >= 11 is 1.38.